The lowest BCUT2D eigenvalue weighted by molar-refractivity contribution is -0.137. The molecule has 0 amide bonds. The lowest BCUT2D eigenvalue weighted by Gasteiger charge is -2.41. The van der Waals surface area contributed by atoms with Crippen LogP contribution in [0.4, 0.5) is 0 Å². The first-order valence-corrected chi connectivity index (χ1v) is 16.1. The van der Waals surface area contributed by atoms with Gasteiger partial charge in [-0.05, 0) is 62.6 Å². The molecule has 0 saturated carbocycles. The topological polar surface area (TPSA) is 63.6 Å². The molecule has 0 fully saturated rings. The van der Waals surface area contributed by atoms with Gasteiger partial charge in [-0.1, -0.05) is 77.7 Å². The Bertz CT molecular complexity index is 672. The van der Waals surface area contributed by atoms with Crippen LogP contribution in [0, 0.1) is 11.8 Å². The van der Waals surface area contributed by atoms with E-state index in [1.165, 1.54) is 31.3 Å². The van der Waals surface area contributed by atoms with Crippen molar-refractivity contribution in [3.63, 3.8) is 0 Å². The molecule has 0 spiro atoms. The fourth-order valence-corrected chi connectivity index (χ4v) is 5.69. The minimum absolute atomic E-state index is 0.00959. The van der Waals surface area contributed by atoms with E-state index in [0.29, 0.717) is 24.5 Å². The largest absolute Gasteiger partial charge is 0.481 e. The van der Waals surface area contributed by atoms with Gasteiger partial charge in [0.15, 0.2) is 8.32 Å². The maximum absolute atomic E-state index is 12.5. The molecule has 190 valence electrons. The van der Waals surface area contributed by atoms with Crippen LogP contribution >= 0.6 is 0 Å². The van der Waals surface area contributed by atoms with E-state index in [1.54, 1.807) is 0 Å². The molecule has 1 aliphatic carbocycles. The van der Waals surface area contributed by atoms with Crippen molar-refractivity contribution in [2.75, 3.05) is 0 Å². The van der Waals surface area contributed by atoms with Crippen LogP contribution in [-0.4, -0.2) is 31.3 Å². The van der Waals surface area contributed by atoms with E-state index in [0.717, 1.165) is 25.7 Å². The lowest BCUT2D eigenvalue weighted by Crippen LogP contribution is -2.45. The predicted molar refractivity (Wildman–Crippen MR) is 141 cm³/mol. The third-order valence-electron chi connectivity index (χ3n) is 7.57. The molecule has 1 rings (SSSR count). The van der Waals surface area contributed by atoms with E-state index >= 15 is 0 Å². The number of ketones is 1. The first-order chi connectivity index (χ1) is 15.4. The summed E-state index contributed by atoms with van der Waals surface area (Å²) < 4.78 is 6.93. The fraction of sp³-hybridized carbons (Fsp3) is 0.786. The van der Waals surface area contributed by atoms with Gasteiger partial charge in [-0.15, -0.1) is 0 Å². The molecule has 0 heterocycles. The Labute approximate surface area is 204 Å². The molecule has 1 aliphatic rings. The fourth-order valence-electron chi connectivity index (χ4n) is 4.23. The van der Waals surface area contributed by atoms with Crippen molar-refractivity contribution in [3.05, 3.63) is 23.8 Å². The summed E-state index contributed by atoms with van der Waals surface area (Å²) in [4.78, 5) is 23.2. The van der Waals surface area contributed by atoms with Gasteiger partial charge in [-0.2, -0.15) is 0 Å². The summed E-state index contributed by atoms with van der Waals surface area (Å²) in [5.74, 6) is 0.0802. The molecule has 0 aromatic rings. The summed E-state index contributed by atoms with van der Waals surface area (Å²) in [6, 6.07) is 0. The van der Waals surface area contributed by atoms with Crippen molar-refractivity contribution in [2.45, 2.75) is 129 Å². The number of unbranched alkanes of at least 4 members (excludes halogenated alkanes) is 3. The second-order valence-electron chi connectivity index (χ2n) is 11.4. The van der Waals surface area contributed by atoms with Gasteiger partial charge in [0.25, 0.3) is 0 Å². The number of hydrogen-bond acceptors (Lipinski definition) is 3. The van der Waals surface area contributed by atoms with Gasteiger partial charge in [-0.3, -0.25) is 9.59 Å². The van der Waals surface area contributed by atoms with Crippen molar-refractivity contribution >= 4 is 20.1 Å². The van der Waals surface area contributed by atoms with E-state index in [9.17, 15) is 9.59 Å². The zero-order valence-electron chi connectivity index (χ0n) is 22.4. The molecule has 33 heavy (non-hydrogen) atoms. The van der Waals surface area contributed by atoms with Crippen molar-refractivity contribution in [1.82, 2.24) is 0 Å². The van der Waals surface area contributed by atoms with Gasteiger partial charge >= 0.3 is 5.97 Å². The standard InChI is InChI=1S/C28H50O4Si/c1-8-9-12-15-22(2)26(32-33(6,7)28(3,4)5)21-19-23-18-20-25(29)24(23)16-13-10-11-14-17-27(30)31/h10,13,18,22,24,26H,8-9,11-12,14-17,19-21H2,1-7H3,(H,30,31)/b13-10-/t22?,24-,26?/m1/s1. The van der Waals surface area contributed by atoms with Gasteiger partial charge in [0.2, 0.25) is 0 Å². The molecule has 0 radical (unpaired) electrons. The summed E-state index contributed by atoms with van der Waals surface area (Å²) in [6.45, 7) is 16.2. The van der Waals surface area contributed by atoms with E-state index in [4.69, 9.17) is 9.53 Å². The highest BCUT2D eigenvalue weighted by atomic mass is 28.4. The van der Waals surface area contributed by atoms with E-state index in [-0.39, 0.29) is 23.5 Å². The summed E-state index contributed by atoms with van der Waals surface area (Å²) in [6.07, 6.45) is 16.3. The van der Waals surface area contributed by atoms with Crippen LogP contribution in [0.5, 0.6) is 0 Å². The number of carboxylic acids is 1. The zero-order chi connectivity index (χ0) is 25.1. The first-order valence-electron chi connectivity index (χ1n) is 13.1. The molecule has 0 bridgehead atoms. The van der Waals surface area contributed by atoms with Crippen molar-refractivity contribution in [2.24, 2.45) is 11.8 Å². The number of rotatable bonds is 16. The molecule has 1 N–H and O–H groups in total. The van der Waals surface area contributed by atoms with Crippen molar-refractivity contribution < 1.29 is 19.1 Å². The molecule has 2 unspecified atom stereocenters. The highest BCUT2D eigenvalue weighted by Gasteiger charge is 2.40. The number of carbonyl (C=O) groups excluding carboxylic acids is 1. The normalized spacial score (nSPS) is 19.2. The Kier molecular flexibility index (Phi) is 12.9. The van der Waals surface area contributed by atoms with E-state index in [2.05, 4.69) is 59.9 Å². The highest BCUT2D eigenvalue weighted by Crippen LogP contribution is 2.40. The first kappa shape index (κ1) is 29.8. The van der Waals surface area contributed by atoms with Gasteiger partial charge in [0, 0.05) is 24.9 Å². The minimum Gasteiger partial charge on any atom is -0.481 e. The monoisotopic (exact) mass is 478 g/mol. The third kappa shape index (κ3) is 10.7. The summed E-state index contributed by atoms with van der Waals surface area (Å²) in [5.41, 5.74) is 1.28. The van der Waals surface area contributed by atoms with Crippen LogP contribution in [0.3, 0.4) is 0 Å². The quantitative estimate of drug-likeness (QED) is 0.138. The summed E-state index contributed by atoms with van der Waals surface area (Å²) in [7, 11) is -1.87. The van der Waals surface area contributed by atoms with Gasteiger partial charge in [-0.25, -0.2) is 0 Å². The van der Waals surface area contributed by atoms with Gasteiger partial charge in [0.1, 0.15) is 5.78 Å². The summed E-state index contributed by atoms with van der Waals surface area (Å²) in [5, 5.41) is 8.93. The number of carbonyl (C=O) groups is 2. The van der Waals surface area contributed by atoms with Crippen molar-refractivity contribution in [3.8, 4) is 0 Å². The number of allylic oxidation sites excluding steroid dienone is 4. The number of Topliss-reactive ketones (excluding diaryl/α,β-unsaturated/α-hetero) is 1. The van der Waals surface area contributed by atoms with Gasteiger partial charge < -0.3 is 9.53 Å². The molecule has 3 atom stereocenters. The van der Waals surface area contributed by atoms with Crippen LogP contribution < -0.4 is 0 Å². The van der Waals surface area contributed by atoms with Crippen molar-refractivity contribution in [1.29, 1.82) is 0 Å². The molecular formula is C28H50O4Si. The maximum Gasteiger partial charge on any atom is 0.303 e. The predicted octanol–water partition coefficient (Wildman–Crippen LogP) is 8.09. The SMILES string of the molecule is CCCCCC(C)C(CCC1=CCC(=O)[C@@H]1C/C=C\CCCC(=O)O)O[Si](C)(C)C(C)(C)C. The van der Waals surface area contributed by atoms with E-state index in [1.807, 2.05) is 6.08 Å². The van der Waals surface area contributed by atoms with Crippen LogP contribution in [0.1, 0.15) is 105 Å². The highest BCUT2D eigenvalue weighted by molar-refractivity contribution is 6.74. The number of aliphatic carboxylic acids is 1. The average molecular weight is 479 g/mol. The number of hydrogen-bond donors (Lipinski definition) is 1. The molecule has 5 heteroatoms. The van der Waals surface area contributed by atoms with Crippen LogP contribution in [-0.2, 0) is 14.0 Å². The second-order valence-corrected chi connectivity index (χ2v) is 16.2. The smallest absolute Gasteiger partial charge is 0.303 e. The Morgan fingerprint density at radius 1 is 1.21 bits per heavy atom. The molecule has 0 aromatic carbocycles. The van der Waals surface area contributed by atoms with Crippen LogP contribution in [0.25, 0.3) is 0 Å². The van der Waals surface area contributed by atoms with Gasteiger partial charge in [0.05, 0.1) is 0 Å². The lowest BCUT2D eigenvalue weighted by atomic mass is 9.89. The molecule has 0 aromatic heterocycles. The summed E-state index contributed by atoms with van der Waals surface area (Å²) >= 11 is 0. The van der Waals surface area contributed by atoms with Crippen LogP contribution in [0.2, 0.25) is 18.1 Å². The van der Waals surface area contributed by atoms with Crippen LogP contribution in [0.15, 0.2) is 23.8 Å². The third-order valence-corrected chi connectivity index (χ3v) is 12.1. The average Bonchev–Trinajstić information content (AvgIpc) is 3.06. The second kappa shape index (κ2) is 14.3. The minimum atomic E-state index is -1.87. The van der Waals surface area contributed by atoms with E-state index < -0.39 is 14.3 Å². The number of carboxylic acid groups (broad SMARTS) is 1. The molecule has 4 nitrogen and oxygen atoms in total. The Balaban J connectivity index is 2.74. The molecule has 0 saturated heterocycles. The Hall–Kier alpha value is -1.20. The maximum atomic E-state index is 12.5. The molecule has 0 aliphatic heterocycles. The Morgan fingerprint density at radius 2 is 1.91 bits per heavy atom. The zero-order valence-corrected chi connectivity index (χ0v) is 23.4. The molecular weight excluding hydrogens is 428 g/mol. The Morgan fingerprint density at radius 3 is 2.52 bits per heavy atom.